The molecular formula is C24H30O12. The Labute approximate surface area is 208 Å². The second-order valence-electron chi connectivity index (χ2n) is 8.29. The van der Waals surface area contributed by atoms with E-state index in [1.165, 1.54) is 13.2 Å². The Balaban J connectivity index is 1.96. The number of ether oxygens (including phenoxy) is 8. The second-order valence-corrected chi connectivity index (χ2v) is 8.29. The van der Waals surface area contributed by atoms with Crippen LogP contribution in [0.3, 0.4) is 0 Å². The van der Waals surface area contributed by atoms with Crippen LogP contribution in [-0.4, -0.2) is 80.7 Å². The quantitative estimate of drug-likeness (QED) is 0.262. The zero-order valence-electron chi connectivity index (χ0n) is 20.5. The summed E-state index contributed by atoms with van der Waals surface area (Å²) in [4.78, 5) is 47.3. The minimum atomic E-state index is -1.37. The predicted octanol–water partition coefficient (Wildman–Crippen LogP) is 1.09. The summed E-state index contributed by atoms with van der Waals surface area (Å²) in [6.07, 6.45) is -2.40. The van der Waals surface area contributed by atoms with E-state index in [0.717, 1.165) is 31.9 Å². The Morgan fingerprint density at radius 3 is 2.19 bits per heavy atom. The van der Waals surface area contributed by atoms with Crippen molar-refractivity contribution >= 4 is 23.9 Å². The normalized spacial score (nSPS) is 31.4. The van der Waals surface area contributed by atoms with Crippen molar-refractivity contribution in [1.29, 1.82) is 0 Å². The largest absolute Gasteiger partial charge is 0.471 e. The topological polar surface area (TPSA) is 142 Å². The molecule has 3 rings (SSSR count). The summed E-state index contributed by atoms with van der Waals surface area (Å²) in [5, 5.41) is 0. The lowest BCUT2D eigenvalue weighted by Gasteiger charge is -2.45. The van der Waals surface area contributed by atoms with Crippen LogP contribution in [0.5, 0.6) is 0 Å². The number of hydrogen-bond donors (Lipinski definition) is 0. The first-order valence-electron chi connectivity index (χ1n) is 11.3. The van der Waals surface area contributed by atoms with Crippen LogP contribution in [0.4, 0.5) is 0 Å². The lowest BCUT2D eigenvalue weighted by molar-refractivity contribution is -0.339. The fraction of sp³-hybridized carbons (Fsp3) is 0.583. The van der Waals surface area contributed by atoms with E-state index < -0.39 is 66.8 Å². The molecule has 0 radical (unpaired) electrons. The van der Waals surface area contributed by atoms with Gasteiger partial charge in [-0.25, -0.2) is 0 Å². The molecule has 3 aliphatic heterocycles. The smallest absolute Gasteiger partial charge is 0.303 e. The van der Waals surface area contributed by atoms with Crippen molar-refractivity contribution in [3.63, 3.8) is 0 Å². The summed E-state index contributed by atoms with van der Waals surface area (Å²) in [6.45, 7) is 8.91. The van der Waals surface area contributed by atoms with Crippen molar-refractivity contribution in [3.05, 3.63) is 36.1 Å². The number of esters is 4. The van der Waals surface area contributed by atoms with Gasteiger partial charge in [0.1, 0.15) is 12.7 Å². The second kappa shape index (κ2) is 12.2. The zero-order chi connectivity index (χ0) is 26.4. The minimum absolute atomic E-state index is 0.360. The van der Waals surface area contributed by atoms with Gasteiger partial charge in [-0.1, -0.05) is 12.2 Å². The summed E-state index contributed by atoms with van der Waals surface area (Å²) in [5.74, 6) is -3.23. The molecule has 3 unspecified atom stereocenters. The maximum absolute atomic E-state index is 12.0. The highest BCUT2D eigenvalue weighted by Crippen LogP contribution is 2.37. The fourth-order valence-corrected chi connectivity index (χ4v) is 4.15. The molecule has 0 spiro atoms. The summed E-state index contributed by atoms with van der Waals surface area (Å²) < 4.78 is 44.6. The van der Waals surface area contributed by atoms with E-state index in [1.54, 1.807) is 6.08 Å². The van der Waals surface area contributed by atoms with Gasteiger partial charge in [-0.15, -0.1) is 6.58 Å². The van der Waals surface area contributed by atoms with E-state index in [1.807, 2.05) is 6.08 Å². The molecule has 0 N–H and O–H groups in total. The van der Waals surface area contributed by atoms with Crippen molar-refractivity contribution in [2.45, 2.75) is 64.7 Å². The number of hydrogen-bond acceptors (Lipinski definition) is 12. The van der Waals surface area contributed by atoms with Crippen LogP contribution in [0.25, 0.3) is 0 Å². The number of fused-ring (bicyclic) bond motifs is 1. The van der Waals surface area contributed by atoms with E-state index in [2.05, 4.69) is 6.58 Å². The van der Waals surface area contributed by atoms with Crippen molar-refractivity contribution < 1.29 is 57.1 Å². The lowest BCUT2D eigenvalue weighted by Crippen LogP contribution is -2.63. The van der Waals surface area contributed by atoms with Gasteiger partial charge in [-0.3, -0.25) is 19.2 Å². The Morgan fingerprint density at radius 2 is 1.58 bits per heavy atom. The highest BCUT2D eigenvalue weighted by Gasteiger charge is 2.54. The molecule has 198 valence electrons. The van der Waals surface area contributed by atoms with E-state index in [4.69, 9.17) is 37.9 Å². The van der Waals surface area contributed by atoms with Crippen LogP contribution in [0.15, 0.2) is 36.1 Å². The van der Waals surface area contributed by atoms with Gasteiger partial charge < -0.3 is 37.9 Å². The molecule has 36 heavy (non-hydrogen) atoms. The Hall–Kier alpha value is -3.22. The van der Waals surface area contributed by atoms with Gasteiger partial charge in [0, 0.05) is 33.3 Å². The SMILES string of the molecule is C=CC1C2=CCOCC2=CO[C@H]1OC1OC(COC(C)=O)[C@@H](OC(C)=O)[C@H](OC(C)=O)[C@H]1OC(C)=O. The third kappa shape index (κ3) is 6.71. The van der Waals surface area contributed by atoms with E-state index in [9.17, 15) is 19.2 Å². The summed E-state index contributed by atoms with van der Waals surface area (Å²) >= 11 is 0. The van der Waals surface area contributed by atoms with Crippen LogP contribution >= 0.6 is 0 Å². The molecule has 12 heteroatoms. The first kappa shape index (κ1) is 27.4. The standard InChI is InChI=1S/C24H30O12/c1-6-17-18-7-8-29-9-16(18)10-31-23(17)36-24-22(34-15(5)28)21(33-14(4)27)20(32-13(3)26)19(35-24)11-30-12(2)25/h6-7,10,17,19-24H,1,8-9,11H2,2-5H3/t17?,19?,20-,21+,22-,23+,24?/m1/s1. The van der Waals surface area contributed by atoms with Crippen molar-refractivity contribution in [1.82, 2.24) is 0 Å². The molecular weight excluding hydrogens is 480 g/mol. The van der Waals surface area contributed by atoms with Crippen LogP contribution in [0.1, 0.15) is 27.7 Å². The van der Waals surface area contributed by atoms with Gasteiger partial charge in [0.15, 0.2) is 18.3 Å². The maximum Gasteiger partial charge on any atom is 0.303 e. The van der Waals surface area contributed by atoms with Crippen molar-refractivity contribution in [2.24, 2.45) is 5.92 Å². The average molecular weight is 510 g/mol. The van der Waals surface area contributed by atoms with Crippen LogP contribution < -0.4 is 0 Å². The zero-order valence-corrected chi connectivity index (χ0v) is 20.5. The molecule has 3 heterocycles. The lowest BCUT2D eigenvalue weighted by atomic mass is 9.89. The number of rotatable bonds is 8. The molecule has 0 bridgehead atoms. The van der Waals surface area contributed by atoms with Gasteiger partial charge in [0.05, 0.1) is 25.4 Å². The molecule has 0 aliphatic carbocycles. The fourth-order valence-electron chi connectivity index (χ4n) is 4.15. The highest BCUT2D eigenvalue weighted by molar-refractivity contribution is 5.68. The van der Waals surface area contributed by atoms with Crippen LogP contribution in [0, 0.1) is 5.92 Å². The number of carbonyl (C=O) groups excluding carboxylic acids is 4. The molecule has 1 fully saturated rings. The van der Waals surface area contributed by atoms with Gasteiger partial charge >= 0.3 is 23.9 Å². The molecule has 7 atom stereocenters. The molecule has 12 nitrogen and oxygen atoms in total. The molecule has 0 aromatic rings. The van der Waals surface area contributed by atoms with E-state index >= 15 is 0 Å². The molecule has 0 saturated carbocycles. The van der Waals surface area contributed by atoms with Crippen LogP contribution in [-0.2, 0) is 57.1 Å². The van der Waals surface area contributed by atoms with Gasteiger partial charge in [0.25, 0.3) is 0 Å². The Bertz CT molecular complexity index is 937. The molecule has 0 aromatic carbocycles. The van der Waals surface area contributed by atoms with Gasteiger partial charge in [-0.05, 0) is 5.57 Å². The third-order valence-electron chi connectivity index (χ3n) is 5.52. The van der Waals surface area contributed by atoms with Gasteiger partial charge in [0.2, 0.25) is 12.6 Å². The van der Waals surface area contributed by atoms with Gasteiger partial charge in [-0.2, -0.15) is 0 Å². The predicted molar refractivity (Wildman–Crippen MR) is 119 cm³/mol. The molecule has 1 saturated heterocycles. The Morgan fingerprint density at radius 1 is 0.944 bits per heavy atom. The monoisotopic (exact) mass is 510 g/mol. The van der Waals surface area contributed by atoms with E-state index in [0.29, 0.717) is 13.2 Å². The highest BCUT2D eigenvalue weighted by atomic mass is 16.8. The summed E-state index contributed by atoms with van der Waals surface area (Å²) in [7, 11) is 0. The first-order valence-corrected chi connectivity index (χ1v) is 11.3. The summed E-state index contributed by atoms with van der Waals surface area (Å²) in [5.41, 5.74) is 1.73. The number of carbonyl (C=O) groups is 4. The maximum atomic E-state index is 12.0. The van der Waals surface area contributed by atoms with Crippen molar-refractivity contribution in [2.75, 3.05) is 19.8 Å². The average Bonchev–Trinajstić information content (AvgIpc) is 2.80. The Kier molecular flexibility index (Phi) is 9.24. The van der Waals surface area contributed by atoms with Crippen LogP contribution in [0.2, 0.25) is 0 Å². The molecule has 0 aromatic heterocycles. The van der Waals surface area contributed by atoms with E-state index in [-0.39, 0.29) is 6.61 Å². The summed E-state index contributed by atoms with van der Waals surface area (Å²) in [6, 6.07) is 0. The molecule has 0 amide bonds. The minimum Gasteiger partial charge on any atom is -0.471 e. The third-order valence-corrected chi connectivity index (χ3v) is 5.52. The first-order chi connectivity index (χ1) is 17.1. The van der Waals surface area contributed by atoms with Crippen molar-refractivity contribution in [3.8, 4) is 0 Å². The molecule has 3 aliphatic rings.